The van der Waals surface area contributed by atoms with Crippen LogP contribution in [0.3, 0.4) is 0 Å². The molecular weight excluding hydrogens is 364 g/mol. The van der Waals surface area contributed by atoms with Crippen molar-refractivity contribution in [1.29, 1.82) is 0 Å². The molecule has 3 rings (SSSR count). The van der Waals surface area contributed by atoms with Crippen molar-refractivity contribution in [2.75, 3.05) is 33.4 Å². The zero-order valence-corrected chi connectivity index (χ0v) is 16.8. The fraction of sp³-hybridized carbons (Fsp3) is 0.381. The fourth-order valence-electron chi connectivity index (χ4n) is 3.38. The van der Waals surface area contributed by atoms with Gasteiger partial charge in [-0.05, 0) is 37.6 Å². The quantitative estimate of drug-likeness (QED) is 0.847. The third kappa shape index (κ3) is 4.54. The standard InChI is InChI=1S/C21H26N2O3.ClH/c1-4-26-20-13-16(10-9-15(20)2)21(24)23-12-11-22-14-18(23)17-7-5-6-8-19(17)25-3;/h5-10,13,18,22H,4,11-12,14H2,1-3H3;1H. The van der Waals surface area contributed by atoms with E-state index in [0.29, 0.717) is 25.3 Å². The van der Waals surface area contributed by atoms with E-state index in [-0.39, 0.29) is 24.4 Å². The summed E-state index contributed by atoms with van der Waals surface area (Å²) in [6, 6.07) is 13.5. The number of nitrogens with one attached hydrogen (secondary N) is 1. The molecule has 6 heteroatoms. The molecule has 0 radical (unpaired) electrons. The van der Waals surface area contributed by atoms with Crippen LogP contribution in [0.25, 0.3) is 0 Å². The average molecular weight is 391 g/mol. The topological polar surface area (TPSA) is 50.8 Å². The number of para-hydroxylation sites is 1. The number of hydrogen-bond acceptors (Lipinski definition) is 4. The van der Waals surface area contributed by atoms with Crippen LogP contribution in [0.5, 0.6) is 11.5 Å². The Bertz CT molecular complexity index is 782. The Morgan fingerprint density at radius 3 is 2.74 bits per heavy atom. The Morgan fingerprint density at radius 1 is 1.22 bits per heavy atom. The van der Waals surface area contributed by atoms with Crippen LogP contribution in [0.15, 0.2) is 42.5 Å². The largest absolute Gasteiger partial charge is 0.496 e. The molecule has 0 bridgehead atoms. The molecular formula is C21H27ClN2O3. The van der Waals surface area contributed by atoms with Gasteiger partial charge in [0.2, 0.25) is 0 Å². The highest BCUT2D eigenvalue weighted by atomic mass is 35.5. The van der Waals surface area contributed by atoms with E-state index in [0.717, 1.165) is 29.2 Å². The molecule has 1 saturated heterocycles. The van der Waals surface area contributed by atoms with Crippen molar-refractivity contribution >= 4 is 18.3 Å². The lowest BCUT2D eigenvalue weighted by atomic mass is 10.0. The molecule has 5 nitrogen and oxygen atoms in total. The second-order valence-corrected chi connectivity index (χ2v) is 6.37. The molecule has 1 N–H and O–H groups in total. The van der Waals surface area contributed by atoms with Gasteiger partial charge in [-0.3, -0.25) is 4.79 Å². The van der Waals surface area contributed by atoms with E-state index in [1.54, 1.807) is 7.11 Å². The summed E-state index contributed by atoms with van der Waals surface area (Å²) in [4.78, 5) is 15.2. The summed E-state index contributed by atoms with van der Waals surface area (Å²) in [5.41, 5.74) is 2.71. The molecule has 146 valence electrons. The Balaban J connectivity index is 0.00000261. The van der Waals surface area contributed by atoms with Gasteiger partial charge in [0.05, 0.1) is 19.8 Å². The molecule has 0 spiro atoms. The van der Waals surface area contributed by atoms with Crippen molar-refractivity contribution in [1.82, 2.24) is 10.2 Å². The highest BCUT2D eigenvalue weighted by Crippen LogP contribution is 2.31. The molecule has 1 unspecified atom stereocenters. The highest BCUT2D eigenvalue weighted by Gasteiger charge is 2.30. The van der Waals surface area contributed by atoms with E-state index in [1.165, 1.54) is 0 Å². The SMILES string of the molecule is CCOc1cc(C(=O)N2CCNCC2c2ccccc2OC)ccc1C.Cl. The normalized spacial score (nSPS) is 16.4. The molecule has 1 aliphatic heterocycles. The average Bonchev–Trinajstić information content (AvgIpc) is 2.69. The van der Waals surface area contributed by atoms with Crippen molar-refractivity contribution in [2.24, 2.45) is 0 Å². The molecule has 1 amide bonds. The summed E-state index contributed by atoms with van der Waals surface area (Å²) in [7, 11) is 1.66. The van der Waals surface area contributed by atoms with Gasteiger partial charge in [0.15, 0.2) is 0 Å². The molecule has 0 aliphatic carbocycles. The predicted molar refractivity (Wildman–Crippen MR) is 109 cm³/mol. The summed E-state index contributed by atoms with van der Waals surface area (Å²) in [5.74, 6) is 1.59. The monoisotopic (exact) mass is 390 g/mol. The van der Waals surface area contributed by atoms with Crippen LogP contribution in [0.1, 0.15) is 34.5 Å². The summed E-state index contributed by atoms with van der Waals surface area (Å²) < 4.78 is 11.2. The van der Waals surface area contributed by atoms with Crippen molar-refractivity contribution in [2.45, 2.75) is 19.9 Å². The Kier molecular flexibility index (Phi) is 7.51. The first kappa shape index (κ1) is 21.1. The van der Waals surface area contributed by atoms with Crippen LogP contribution >= 0.6 is 12.4 Å². The lowest BCUT2D eigenvalue weighted by Crippen LogP contribution is -2.48. The maximum atomic E-state index is 13.3. The van der Waals surface area contributed by atoms with Gasteiger partial charge in [-0.15, -0.1) is 12.4 Å². The van der Waals surface area contributed by atoms with Crippen molar-refractivity contribution in [3.05, 3.63) is 59.2 Å². The third-order valence-electron chi connectivity index (χ3n) is 4.74. The molecule has 1 atom stereocenters. The van der Waals surface area contributed by atoms with E-state index in [9.17, 15) is 4.79 Å². The number of benzene rings is 2. The Labute approximate surface area is 167 Å². The Hall–Kier alpha value is -2.24. The van der Waals surface area contributed by atoms with Gasteiger partial charge in [0, 0.05) is 30.8 Å². The van der Waals surface area contributed by atoms with Gasteiger partial charge in [-0.2, -0.15) is 0 Å². The van der Waals surface area contributed by atoms with Gasteiger partial charge >= 0.3 is 0 Å². The number of carbonyl (C=O) groups excluding carboxylic acids is 1. The fourth-order valence-corrected chi connectivity index (χ4v) is 3.38. The zero-order valence-electron chi connectivity index (χ0n) is 16.0. The van der Waals surface area contributed by atoms with Crippen LogP contribution in [-0.4, -0.2) is 44.2 Å². The first-order chi connectivity index (χ1) is 12.7. The number of methoxy groups -OCH3 is 1. The first-order valence-corrected chi connectivity index (χ1v) is 9.03. The third-order valence-corrected chi connectivity index (χ3v) is 4.74. The van der Waals surface area contributed by atoms with Crippen LogP contribution in [0, 0.1) is 6.92 Å². The number of halogens is 1. The van der Waals surface area contributed by atoms with E-state index >= 15 is 0 Å². The molecule has 1 fully saturated rings. The maximum absolute atomic E-state index is 13.3. The van der Waals surface area contributed by atoms with Crippen molar-refractivity contribution in [3.63, 3.8) is 0 Å². The number of aryl methyl sites for hydroxylation is 1. The summed E-state index contributed by atoms with van der Waals surface area (Å²) in [5, 5.41) is 3.39. The summed E-state index contributed by atoms with van der Waals surface area (Å²) >= 11 is 0. The van der Waals surface area contributed by atoms with E-state index < -0.39 is 0 Å². The first-order valence-electron chi connectivity index (χ1n) is 9.03. The van der Waals surface area contributed by atoms with Gasteiger partial charge in [0.25, 0.3) is 5.91 Å². The summed E-state index contributed by atoms with van der Waals surface area (Å²) in [6.07, 6.45) is 0. The lowest BCUT2D eigenvalue weighted by molar-refractivity contribution is 0.0631. The van der Waals surface area contributed by atoms with Crippen LogP contribution < -0.4 is 14.8 Å². The van der Waals surface area contributed by atoms with E-state index in [1.807, 2.05) is 61.2 Å². The number of carbonyl (C=O) groups is 1. The number of nitrogens with zero attached hydrogens (tertiary/aromatic N) is 1. The molecule has 0 aromatic heterocycles. The zero-order chi connectivity index (χ0) is 18.5. The van der Waals surface area contributed by atoms with Crippen molar-refractivity contribution in [3.8, 4) is 11.5 Å². The number of rotatable bonds is 5. The highest BCUT2D eigenvalue weighted by molar-refractivity contribution is 5.95. The molecule has 27 heavy (non-hydrogen) atoms. The predicted octanol–water partition coefficient (Wildman–Crippen LogP) is 3.61. The Morgan fingerprint density at radius 2 is 2.00 bits per heavy atom. The van der Waals surface area contributed by atoms with Gasteiger partial charge in [-0.25, -0.2) is 0 Å². The molecule has 2 aromatic rings. The minimum absolute atomic E-state index is 0. The number of hydrogen-bond donors (Lipinski definition) is 1. The lowest BCUT2D eigenvalue weighted by Gasteiger charge is -2.37. The molecule has 0 saturated carbocycles. The van der Waals surface area contributed by atoms with Gasteiger partial charge < -0.3 is 19.7 Å². The number of amides is 1. The van der Waals surface area contributed by atoms with E-state index in [4.69, 9.17) is 9.47 Å². The number of ether oxygens (including phenoxy) is 2. The second kappa shape index (κ2) is 9.62. The minimum atomic E-state index is -0.0655. The van der Waals surface area contributed by atoms with Crippen LogP contribution in [0.4, 0.5) is 0 Å². The minimum Gasteiger partial charge on any atom is -0.496 e. The van der Waals surface area contributed by atoms with Crippen LogP contribution in [-0.2, 0) is 0 Å². The molecule has 1 aliphatic rings. The second-order valence-electron chi connectivity index (χ2n) is 6.37. The number of piperazine rings is 1. The van der Waals surface area contributed by atoms with Crippen LogP contribution in [0.2, 0.25) is 0 Å². The maximum Gasteiger partial charge on any atom is 0.254 e. The summed E-state index contributed by atoms with van der Waals surface area (Å²) in [6.45, 7) is 6.65. The molecule has 1 heterocycles. The van der Waals surface area contributed by atoms with Gasteiger partial charge in [0.1, 0.15) is 11.5 Å². The smallest absolute Gasteiger partial charge is 0.254 e. The van der Waals surface area contributed by atoms with Gasteiger partial charge in [-0.1, -0.05) is 24.3 Å². The molecule has 2 aromatic carbocycles. The van der Waals surface area contributed by atoms with Crippen molar-refractivity contribution < 1.29 is 14.3 Å². The van der Waals surface area contributed by atoms with E-state index in [2.05, 4.69) is 5.32 Å².